The lowest BCUT2D eigenvalue weighted by Crippen LogP contribution is -2.25. The number of non-ortho nitro benzene ring substituents is 1. The number of ketones is 1. The molecule has 0 spiro atoms. The highest BCUT2D eigenvalue weighted by Crippen LogP contribution is 2.31. The van der Waals surface area contributed by atoms with Crippen molar-refractivity contribution in [3.8, 4) is 0 Å². The van der Waals surface area contributed by atoms with Crippen LogP contribution in [0.3, 0.4) is 0 Å². The van der Waals surface area contributed by atoms with E-state index in [4.69, 9.17) is 23.2 Å². The smallest absolute Gasteiger partial charge is 0.282 e. The number of benzene rings is 2. The highest BCUT2D eigenvalue weighted by Gasteiger charge is 2.23. The van der Waals surface area contributed by atoms with Gasteiger partial charge in [-0.3, -0.25) is 29.8 Å². The molecule has 3 rings (SSSR count). The molecule has 0 saturated heterocycles. The third-order valence-corrected chi connectivity index (χ3v) is 5.01. The second-order valence-corrected chi connectivity index (χ2v) is 7.19. The summed E-state index contributed by atoms with van der Waals surface area (Å²) in [5, 5.41) is 11.8. The van der Waals surface area contributed by atoms with Gasteiger partial charge in [-0.15, -0.1) is 0 Å². The molecule has 1 N–H and O–H groups in total. The third-order valence-electron chi connectivity index (χ3n) is 4.19. The molecule has 1 aromatic heterocycles. The first-order valence-corrected chi connectivity index (χ1v) is 9.06. The van der Waals surface area contributed by atoms with Crippen LogP contribution in [-0.2, 0) is 0 Å². The van der Waals surface area contributed by atoms with E-state index in [1.165, 1.54) is 23.0 Å². The van der Waals surface area contributed by atoms with Crippen molar-refractivity contribution < 1.29 is 9.72 Å². The number of rotatable bonds is 5. The second-order valence-electron chi connectivity index (χ2n) is 6.40. The monoisotopic (exact) mass is 419 g/mol. The number of hydrogen-bond donors (Lipinski definition) is 1. The Hall–Kier alpha value is -2.90. The Kier molecular flexibility index (Phi) is 5.40. The van der Waals surface area contributed by atoms with Gasteiger partial charge in [0.1, 0.15) is 5.39 Å². The standard InChI is InChI=1S/C19H15Cl2N3O4/c1-10(2)18(25)11-9-23(22-13-6-3-5-12(20)17(13)21)14-7-4-8-15(24(27)28)16(14)19(11)26/h3-10,22H,1-2H3. The van der Waals surface area contributed by atoms with Crippen molar-refractivity contribution in [1.29, 1.82) is 0 Å². The zero-order valence-corrected chi connectivity index (χ0v) is 16.4. The number of aromatic nitrogens is 1. The predicted octanol–water partition coefficient (Wildman–Crippen LogP) is 4.93. The number of nitro benzene ring substituents is 1. The third kappa shape index (κ3) is 3.46. The van der Waals surface area contributed by atoms with Crippen LogP contribution < -0.4 is 10.9 Å². The summed E-state index contributed by atoms with van der Waals surface area (Å²) >= 11 is 12.3. The minimum absolute atomic E-state index is 0.151. The number of nitrogens with one attached hydrogen (secondary N) is 1. The topological polar surface area (TPSA) is 94.2 Å². The quantitative estimate of drug-likeness (QED) is 0.359. The van der Waals surface area contributed by atoms with Crippen molar-refractivity contribution >= 4 is 51.3 Å². The van der Waals surface area contributed by atoms with Crippen LogP contribution in [0.25, 0.3) is 10.9 Å². The zero-order chi connectivity index (χ0) is 20.6. The van der Waals surface area contributed by atoms with Crippen molar-refractivity contribution in [3.63, 3.8) is 0 Å². The van der Waals surface area contributed by atoms with Crippen LogP contribution in [0, 0.1) is 16.0 Å². The van der Waals surface area contributed by atoms with Crippen LogP contribution in [-0.4, -0.2) is 15.4 Å². The fraction of sp³-hybridized carbons (Fsp3) is 0.158. The van der Waals surface area contributed by atoms with E-state index >= 15 is 0 Å². The van der Waals surface area contributed by atoms with Gasteiger partial charge >= 0.3 is 0 Å². The summed E-state index contributed by atoms with van der Waals surface area (Å²) in [5.74, 6) is -0.881. The van der Waals surface area contributed by atoms with Gasteiger partial charge < -0.3 is 0 Å². The molecule has 7 nitrogen and oxygen atoms in total. The molecule has 9 heteroatoms. The largest absolute Gasteiger partial charge is 0.294 e. The van der Waals surface area contributed by atoms with Gasteiger partial charge in [-0.25, -0.2) is 0 Å². The SMILES string of the molecule is CC(C)C(=O)c1cn(Nc2cccc(Cl)c2Cl)c2cccc([N+](=O)[O-])c2c1=O. The van der Waals surface area contributed by atoms with E-state index in [-0.39, 0.29) is 27.2 Å². The van der Waals surface area contributed by atoms with Crippen LogP contribution >= 0.6 is 23.2 Å². The Morgan fingerprint density at radius 3 is 2.50 bits per heavy atom. The molecule has 28 heavy (non-hydrogen) atoms. The molecule has 0 unspecified atom stereocenters. The van der Waals surface area contributed by atoms with Crippen molar-refractivity contribution in [2.45, 2.75) is 13.8 Å². The number of pyridine rings is 1. The molecule has 0 saturated carbocycles. The zero-order valence-electron chi connectivity index (χ0n) is 14.9. The van der Waals surface area contributed by atoms with Crippen LogP contribution in [0.15, 0.2) is 47.4 Å². The molecular weight excluding hydrogens is 405 g/mol. The molecule has 0 aliphatic carbocycles. The van der Waals surface area contributed by atoms with Gasteiger partial charge in [0.05, 0.1) is 31.7 Å². The summed E-state index contributed by atoms with van der Waals surface area (Å²) in [6, 6.07) is 9.16. The van der Waals surface area contributed by atoms with E-state index in [0.717, 1.165) is 0 Å². The Morgan fingerprint density at radius 2 is 1.86 bits per heavy atom. The van der Waals surface area contributed by atoms with E-state index in [1.807, 2.05) is 0 Å². The van der Waals surface area contributed by atoms with Crippen LogP contribution in [0.1, 0.15) is 24.2 Å². The van der Waals surface area contributed by atoms with Crippen molar-refractivity contribution in [1.82, 2.24) is 4.68 Å². The number of fused-ring (bicyclic) bond motifs is 1. The molecule has 0 amide bonds. The molecule has 3 aromatic rings. The fourth-order valence-electron chi connectivity index (χ4n) is 2.80. The molecule has 1 heterocycles. The van der Waals surface area contributed by atoms with Crippen molar-refractivity contribution in [2.75, 3.05) is 5.43 Å². The normalized spacial score (nSPS) is 11.0. The van der Waals surface area contributed by atoms with E-state index in [9.17, 15) is 19.7 Å². The van der Waals surface area contributed by atoms with Crippen LogP contribution in [0.5, 0.6) is 0 Å². The molecule has 0 fully saturated rings. The van der Waals surface area contributed by atoms with Crippen molar-refractivity contribution in [3.05, 3.63) is 78.5 Å². The molecular formula is C19H15Cl2N3O4. The van der Waals surface area contributed by atoms with Crippen molar-refractivity contribution in [2.24, 2.45) is 5.92 Å². The Bertz CT molecular complexity index is 1170. The lowest BCUT2D eigenvalue weighted by atomic mass is 10.00. The van der Waals surface area contributed by atoms with E-state index in [0.29, 0.717) is 10.7 Å². The predicted molar refractivity (Wildman–Crippen MR) is 110 cm³/mol. The van der Waals surface area contributed by atoms with Crippen LogP contribution in [0.4, 0.5) is 11.4 Å². The highest BCUT2D eigenvalue weighted by atomic mass is 35.5. The average molecular weight is 420 g/mol. The lowest BCUT2D eigenvalue weighted by molar-refractivity contribution is -0.383. The van der Waals surface area contributed by atoms with Gasteiger partial charge in [-0.05, 0) is 18.2 Å². The minimum Gasteiger partial charge on any atom is -0.294 e. The maximum absolute atomic E-state index is 12.9. The summed E-state index contributed by atoms with van der Waals surface area (Å²) in [7, 11) is 0. The minimum atomic E-state index is -0.684. The first-order valence-electron chi connectivity index (χ1n) is 8.30. The molecule has 0 aliphatic rings. The number of carbonyl (C=O) groups excluding carboxylic acids is 1. The number of nitro groups is 1. The van der Waals surface area contributed by atoms with Gasteiger partial charge in [0.2, 0.25) is 5.43 Å². The second kappa shape index (κ2) is 7.61. The van der Waals surface area contributed by atoms with Gasteiger partial charge in [-0.1, -0.05) is 49.2 Å². The van der Waals surface area contributed by atoms with Gasteiger partial charge in [0.15, 0.2) is 5.78 Å². The van der Waals surface area contributed by atoms with Gasteiger partial charge in [0, 0.05) is 18.2 Å². The maximum Gasteiger partial charge on any atom is 0.282 e. The summed E-state index contributed by atoms with van der Waals surface area (Å²) < 4.78 is 1.37. The summed E-state index contributed by atoms with van der Waals surface area (Å²) in [4.78, 5) is 36.3. The van der Waals surface area contributed by atoms with E-state index < -0.39 is 22.1 Å². The van der Waals surface area contributed by atoms with Gasteiger partial charge in [-0.2, -0.15) is 0 Å². The number of halogens is 2. The number of hydrogen-bond acceptors (Lipinski definition) is 5. The highest BCUT2D eigenvalue weighted by molar-refractivity contribution is 6.43. The molecule has 144 valence electrons. The average Bonchev–Trinajstić information content (AvgIpc) is 2.66. The summed E-state index contributed by atoms with van der Waals surface area (Å²) in [6.45, 7) is 3.30. The summed E-state index contributed by atoms with van der Waals surface area (Å²) in [6.07, 6.45) is 1.33. The summed E-state index contributed by atoms with van der Waals surface area (Å²) in [5.41, 5.74) is 2.40. The molecule has 0 radical (unpaired) electrons. The number of carbonyl (C=O) groups is 1. The Balaban J connectivity index is 2.35. The van der Waals surface area contributed by atoms with E-state index in [2.05, 4.69) is 5.43 Å². The van der Waals surface area contributed by atoms with Gasteiger partial charge in [0.25, 0.3) is 5.69 Å². The fourth-order valence-corrected chi connectivity index (χ4v) is 3.15. The maximum atomic E-state index is 12.9. The van der Waals surface area contributed by atoms with Crippen LogP contribution in [0.2, 0.25) is 10.0 Å². The molecule has 0 atom stereocenters. The molecule has 2 aromatic carbocycles. The van der Waals surface area contributed by atoms with E-state index in [1.54, 1.807) is 38.1 Å². The number of nitrogens with zero attached hydrogens (tertiary/aromatic N) is 2. The Labute approximate surface area is 169 Å². The Morgan fingerprint density at radius 1 is 1.18 bits per heavy atom. The molecule has 0 aliphatic heterocycles. The molecule has 0 bridgehead atoms. The lowest BCUT2D eigenvalue weighted by Gasteiger charge is -2.17. The first-order chi connectivity index (χ1) is 13.2. The first kappa shape index (κ1) is 19.9. The number of anilines is 1. The number of Topliss-reactive ketones (excluding diaryl/α,β-unsaturated/α-hetero) is 1.